The normalized spacial score (nSPS) is 30.0. The summed E-state index contributed by atoms with van der Waals surface area (Å²) in [5, 5.41) is 18.9. The summed E-state index contributed by atoms with van der Waals surface area (Å²) in [6.45, 7) is 13.5. The van der Waals surface area contributed by atoms with Gasteiger partial charge in [-0.25, -0.2) is 4.68 Å². The first-order valence-corrected chi connectivity index (χ1v) is 15.3. The number of fused-ring (bicyclic) bond motifs is 2. The topological polar surface area (TPSA) is 127 Å². The first-order chi connectivity index (χ1) is 20.7. The van der Waals surface area contributed by atoms with Crippen LogP contribution in [0.25, 0.3) is 11.0 Å². The predicted octanol–water partition coefficient (Wildman–Crippen LogP) is 3.08. The SMILES string of the molecule is C=CCCCCOC(=O)[C@H]1[C@H]2C(=O)N([C@@H](CC)CO)C(C(=O)N(CC=C)Cn3nnc4ccccc43)C23CC(C)[C@]1(C)O3. The lowest BCUT2D eigenvalue weighted by atomic mass is 9.62. The standard InChI is InChI=1S/C32H43N5O6/c1-6-9-10-13-17-42-30(41)26-25-28(39)37(22(8-3)19-38)27(32(25)18-21(4)31(26,5)43-32)29(40)35(16-7-2)20-36-24-15-12-11-14-23(24)33-34-36/h6-7,11-12,14-15,21-22,25-27,38H,1-2,8-10,13,16-20H2,3-5H3/t21?,22-,25-,26+,27?,31-,32?/m0/s1. The predicted molar refractivity (Wildman–Crippen MR) is 159 cm³/mol. The smallest absolute Gasteiger partial charge is 0.312 e. The fourth-order valence-electron chi connectivity index (χ4n) is 7.50. The number of para-hydroxylation sites is 1. The van der Waals surface area contributed by atoms with E-state index in [1.54, 1.807) is 15.7 Å². The second-order valence-electron chi connectivity index (χ2n) is 12.2. The average Bonchev–Trinajstić information content (AvgIpc) is 3.67. The Hall–Kier alpha value is -3.57. The minimum Gasteiger partial charge on any atom is -0.465 e. The third kappa shape index (κ3) is 4.96. The number of unbranched alkanes of at least 4 members (excludes halogenated alkanes) is 2. The van der Waals surface area contributed by atoms with E-state index in [1.807, 2.05) is 51.1 Å². The fraction of sp³-hybridized carbons (Fsp3) is 0.594. The van der Waals surface area contributed by atoms with Gasteiger partial charge in [-0.2, -0.15) is 0 Å². The highest BCUT2D eigenvalue weighted by molar-refractivity contribution is 5.98. The lowest BCUT2D eigenvalue weighted by Crippen LogP contribution is -2.59. The van der Waals surface area contributed by atoms with Crippen LogP contribution >= 0.6 is 0 Å². The van der Waals surface area contributed by atoms with Crippen molar-refractivity contribution in [2.24, 2.45) is 17.8 Å². The van der Waals surface area contributed by atoms with Crippen LogP contribution in [0.1, 0.15) is 52.9 Å². The Morgan fingerprint density at radius 1 is 1.28 bits per heavy atom. The van der Waals surface area contributed by atoms with Crippen LogP contribution in [0.3, 0.4) is 0 Å². The van der Waals surface area contributed by atoms with Crippen LogP contribution in [0.4, 0.5) is 0 Å². The molecule has 5 rings (SSSR count). The lowest BCUT2D eigenvalue weighted by molar-refractivity contribution is -0.164. The van der Waals surface area contributed by atoms with Gasteiger partial charge < -0.3 is 24.4 Å². The number of aromatic nitrogens is 3. The number of hydrogen-bond acceptors (Lipinski definition) is 8. The molecule has 7 atom stereocenters. The fourth-order valence-corrected chi connectivity index (χ4v) is 7.50. The van der Waals surface area contributed by atoms with E-state index in [1.165, 1.54) is 4.90 Å². The van der Waals surface area contributed by atoms with E-state index in [2.05, 4.69) is 23.5 Å². The number of likely N-dealkylation sites (tertiary alicyclic amines) is 1. The number of ether oxygens (including phenoxy) is 2. The molecule has 2 aromatic rings. The number of carbonyl (C=O) groups is 3. The van der Waals surface area contributed by atoms with E-state index in [0.29, 0.717) is 24.8 Å². The van der Waals surface area contributed by atoms with Crippen LogP contribution in [-0.2, 0) is 30.5 Å². The zero-order valence-electron chi connectivity index (χ0n) is 25.4. The lowest BCUT2D eigenvalue weighted by Gasteiger charge is -2.39. The molecule has 11 nitrogen and oxygen atoms in total. The summed E-state index contributed by atoms with van der Waals surface area (Å²) < 4.78 is 14.2. The Kier molecular flexibility index (Phi) is 8.76. The van der Waals surface area contributed by atoms with Crippen molar-refractivity contribution in [3.63, 3.8) is 0 Å². The maximum Gasteiger partial charge on any atom is 0.312 e. The molecule has 0 saturated carbocycles. The highest BCUT2D eigenvalue weighted by Crippen LogP contribution is 2.65. The highest BCUT2D eigenvalue weighted by Gasteiger charge is 2.80. The quantitative estimate of drug-likeness (QED) is 0.201. The van der Waals surface area contributed by atoms with Crippen molar-refractivity contribution in [3.05, 3.63) is 49.6 Å². The monoisotopic (exact) mass is 593 g/mol. The molecule has 3 aliphatic rings. The molecule has 43 heavy (non-hydrogen) atoms. The minimum absolute atomic E-state index is 0.0730. The van der Waals surface area contributed by atoms with Crippen molar-refractivity contribution in [2.45, 2.75) is 82.8 Å². The summed E-state index contributed by atoms with van der Waals surface area (Å²) in [5.74, 6) is -3.07. The van der Waals surface area contributed by atoms with Gasteiger partial charge in [0.05, 0.1) is 36.3 Å². The first kappa shape index (κ1) is 30.9. The third-order valence-corrected chi connectivity index (χ3v) is 9.75. The zero-order valence-corrected chi connectivity index (χ0v) is 25.4. The summed E-state index contributed by atoms with van der Waals surface area (Å²) in [4.78, 5) is 45.9. The van der Waals surface area contributed by atoms with Gasteiger partial charge in [0.1, 0.15) is 29.7 Å². The van der Waals surface area contributed by atoms with Crippen molar-refractivity contribution >= 4 is 28.8 Å². The molecule has 0 radical (unpaired) electrons. The molecule has 1 aromatic heterocycles. The number of nitrogens with zero attached hydrogens (tertiary/aromatic N) is 5. The largest absolute Gasteiger partial charge is 0.465 e. The average molecular weight is 594 g/mol. The number of benzene rings is 1. The number of esters is 1. The Labute approximate surface area is 252 Å². The molecular weight excluding hydrogens is 550 g/mol. The van der Waals surface area contributed by atoms with Gasteiger partial charge in [0.15, 0.2) is 0 Å². The summed E-state index contributed by atoms with van der Waals surface area (Å²) in [6.07, 6.45) is 6.66. The van der Waals surface area contributed by atoms with E-state index in [9.17, 15) is 19.5 Å². The molecule has 2 bridgehead atoms. The maximum absolute atomic E-state index is 14.7. The summed E-state index contributed by atoms with van der Waals surface area (Å²) >= 11 is 0. The van der Waals surface area contributed by atoms with Crippen molar-refractivity contribution < 1.29 is 29.0 Å². The summed E-state index contributed by atoms with van der Waals surface area (Å²) in [6, 6.07) is 5.79. The molecule has 4 heterocycles. The van der Waals surface area contributed by atoms with Gasteiger partial charge in [0, 0.05) is 6.54 Å². The molecule has 0 aliphatic carbocycles. The number of aliphatic hydroxyl groups excluding tert-OH is 1. The Morgan fingerprint density at radius 2 is 2.05 bits per heavy atom. The minimum atomic E-state index is -1.25. The van der Waals surface area contributed by atoms with Crippen LogP contribution < -0.4 is 0 Å². The molecule has 2 amide bonds. The van der Waals surface area contributed by atoms with E-state index < -0.39 is 41.1 Å². The maximum atomic E-state index is 14.7. The molecule has 1 spiro atoms. The molecule has 232 valence electrons. The Morgan fingerprint density at radius 3 is 2.74 bits per heavy atom. The van der Waals surface area contributed by atoms with Crippen LogP contribution in [0.15, 0.2) is 49.6 Å². The van der Waals surface area contributed by atoms with Gasteiger partial charge >= 0.3 is 5.97 Å². The molecular formula is C32H43N5O6. The first-order valence-electron chi connectivity index (χ1n) is 15.3. The van der Waals surface area contributed by atoms with Gasteiger partial charge in [-0.05, 0) is 57.1 Å². The number of carbonyl (C=O) groups excluding carboxylic acids is 3. The van der Waals surface area contributed by atoms with E-state index in [4.69, 9.17) is 9.47 Å². The molecule has 11 heteroatoms. The van der Waals surface area contributed by atoms with Crippen molar-refractivity contribution in [1.82, 2.24) is 24.8 Å². The van der Waals surface area contributed by atoms with Crippen LogP contribution in [0.2, 0.25) is 0 Å². The van der Waals surface area contributed by atoms with Gasteiger partial charge in [0.25, 0.3) is 0 Å². The molecule has 1 aromatic carbocycles. The summed E-state index contributed by atoms with van der Waals surface area (Å²) in [7, 11) is 0. The summed E-state index contributed by atoms with van der Waals surface area (Å²) in [5.41, 5.74) is -0.769. The molecule has 1 N–H and O–H groups in total. The van der Waals surface area contributed by atoms with Crippen molar-refractivity contribution in [1.29, 1.82) is 0 Å². The van der Waals surface area contributed by atoms with Gasteiger partial charge in [0.2, 0.25) is 11.8 Å². The number of aliphatic hydroxyl groups is 1. The number of rotatable bonds is 14. The van der Waals surface area contributed by atoms with Gasteiger partial charge in [-0.1, -0.05) is 43.3 Å². The Balaban J connectivity index is 1.52. The molecule has 3 fully saturated rings. The number of hydrogen-bond donors (Lipinski definition) is 1. The highest BCUT2D eigenvalue weighted by atomic mass is 16.6. The second-order valence-corrected chi connectivity index (χ2v) is 12.2. The van der Waals surface area contributed by atoms with Crippen molar-refractivity contribution in [2.75, 3.05) is 19.8 Å². The van der Waals surface area contributed by atoms with Crippen LogP contribution in [0, 0.1) is 17.8 Å². The van der Waals surface area contributed by atoms with Gasteiger partial charge in [-0.15, -0.1) is 18.3 Å². The third-order valence-electron chi connectivity index (χ3n) is 9.75. The molecule has 3 saturated heterocycles. The van der Waals surface area contributed by atoms with E-state index in [0.717, 1.165) is 18.4 Å². The second kappa shape index (κ2) is 12.2. The van der Waals surface area contributed by atoms with Crippen molar-refractivity contribution in [3.8, 4) is 0 Å². The zero-order chi connectivity index (χ0) is 30.9. The molecule has 3 aliphatic heterocycles. The number of allylic oxidation sites excluding steroid dienone is 1. The Bertz CT molecular complexity index is 1390. The number of amides is 2. The van der Waals surface area contributed by atoms with E-state index in [-0.39, 0.29) is 44.2 Å². The van der Waals surface area contributed by atoms with E-state index >= 15 is 0 Å². The van der Waals surface area contributed by atoms with Gasteiger partial charge in [-0.3, -0.25) is 14.4 Å². The van der Waals surface area contributed by atoms with Crippen LogP contribution in [0.5, 0.6) is 0 Å². The van der Waals surface area contributed by atoms with Crippen LogP contribution in [-0.4, -0.2) is 90.7 Å². The molecule has 3 unspecified atom stereocenters.